The van der Waals surface area contributed by atoms with E-state index in [4.69, 9.17) is 6.57 Å². The Bertz CT molecular complexity index is 492. The minimum atomic E-state index is -0.239. The van der Waals surface area contributed by atoms with Gasteiger partial charge in [0, 0.05) is 0 Å². The Morgan fingerprint density at radius 2 is 1.27 bits per heavy atom. The van der Waals surface area contributed by atoms with Gasteiger partial charge in [-0.1, -0.05) is 36.4 Å². The van der Waals surface area contributed by atoms with Gasteiger partial charge in [0.25, 0.3) is 0 Å². The van der Waals surface area contributed by atoms with E-state index in [1.807, 2.05) is 12.1 Å². The van der Waals surface area contributed by atoms with Gasteiger partial charge in [-0.15, -0.1) is 0 Å². The van der Waals surface area contributed by atoms with Crippen LogP contribution in [0.2, 0.25) is 0 Å². The Kier molecular flexibility index (Phi) is 2.47. The molecule has 0 N–H and O–H groups in total. The summed E-state index contributed by atoms with van der Waals surface area (Å²) in [5.41, 5.74) is 2.55. The third kappa shape index (κ3) is 2.03. The summed E-state index contributed by atoms with van der Waals surface area (Å²) in [6.45, 7) is 6.82. The molecular formula is C13H8FN. The van der Waals surface area contributed by atoms with Crippen molar-refractivity contribution in [3.05, 3.63) is 65.8 Å². The Morgan fingerprint density at radius 3 is 1.73 bits per heavy atom. The second kappa shape index (κ2) is 3.93. The van der Waals surface area contributed by atoms with Crippen LogP contribution in [0.5, 0.6) is 0 Å². The summed E-state index contributed by atoms with van der Waals surface area (Å²) in [7, 11) is 0. The van der Waals surface area contributed by atoms with Crippen LogP contribution in [0, 0.1) is 12.4 Å². The molecule has 0 aromatic heterocycles. The molecule has 2 heteroatoms. The fraction of sp³-hybridized carbons (Fsp3) is 0. The van der Waals surface area contributed by atoms with Crippen LogP contribution in [0.4, 0.5) is 10.1 Å². The van der Waals surface area contributed by atoms with E-state index in [2.05, 4.69) is 4.85 Å². The van der Waals surface area contributed by atoms with Crippen LogP contribution in [0.15, 0.2) is 48.5 Å². The van der Waals surface area contributed by atoms with Crippen molar-refractivity contribution in [1.82, 2.24) is 0 Å². The quantitative estimate of drug-likeness (QED) is 0.607. The van der Waals surface area contributed by atoms with Gasteiger partial charge >= 0.3 is 0 Å². The van der Waals surface area contributed by atoms with E-state index >= 15 is 0 Å². The summed E-state index contributed by atoms with van der Waals surface area (Å²) < 4.78 is 12.7. The van der Waals surface area contributed by atoms with Crippen LogP contribution >= 0.6 is 0 Å². The van der Waals surface area contributed by atoms with E-state index in [1.54, 1.807) is 24.3 Å². The second-order valence-corrected chi connectivity index (χ2v) is 3.17. The number of halogens is 1. The van der Waals surface area contributed by atoms with Crippen molar-refractivity contribution < 1.29 is 4.39 Å². The zero-order valence-electron chi connectivity index (χ0n) is 7.94. The Hall–Kier alpha value is -2.14. The molecule has 0 aliphatic heterocycles. The first-order chi connectivity index (χ1) is 7.29. The summed E-state index contributed by atoms with van der Waals surface area (Å²) >= 11 is 0. The summed E-state index contributed by atoms with van der Waals surface area (Å²) in [6.07, 6.45) is 0. The molecule has 72 valence electrons. The van der Waals surface area contributed by atoms with Crippen molar-refractivity contribution in [3.8, 4) is 11.1 Å². The monoisotopic (exact) mass is 197 g/mol. The minimum Gasteiger partial charge on any atom is -0.238 e. The maximum atomic E-state index is 12.7. The molecule has 2 aromatic carbocycles. The summed E-state index contributed by atoms with van der Waals surface area (Å²) in [5.74, 6) is -0.239. The van der Waals surface area contributed by atoms with Crippen LogP contribution < -0.4 is 0 Å². The predicted molar refractivity (Wildman–Crippen MR) is 58.1 cm³/mol. The Balaban J connectivity index is 2.38. The van der Waals surface area contributed by atoms with Crippen LogP contribution in [0.25, 0.3) is 16.0 Å². The number of rotatable bonds is 1. The summed E-state index contributed by atoms with van der Waals surface area (Å²) in [6, 6.07) is 13.5. The largest absolute Gasteiger partial charge is 0.238 e. The first kappa shape index (κ1) is 9.42. The molecule has 0 spiro atoms. The lowest BCUT2D eigenvalue weighted by Gasteiger charge is -2.01. The van der Waals surface area contributed by atoms with Crippen LogP contribution in [0.1, 0.15) is 0 Å². The van der Waals surface area contributed by atoms with Gasteiger partial charge in [0.2, 0.25) is 0 Å². The van der Waals surface area contributed by atoms with Crippen molar-refractivity contribution in [2.75, 3.05) is 0 Å². The molecule has 0 radical (unpaired) electrons. The fourth-order valence-electron chi connectivity index (χ4n) is 1.37. The van der Waals surface area contributed by atoms with Gasteiger partial charge < -0.3 is 0 Å². The highest BCUT2D eigenvalue weighted by Gasteiger charge is 1.97. The highest BCUT2D eigenvalue weighted by Crippen LogP contribution is 2.22. The molecule has 0 bridgehead atoms. The minimum absolute atomic E-state index is 0.239. The highest BCUT2D eigenvalue weighted by molar-refractivity contribution is 5.66. The number of hydrogen-bond acceptors (Lipinski definition) is 0. The second-order valence-electron chi connectivity index (χ2n) is 3.17. The molecule has 2 rings (SSSR count). The molecule has 0 saturated carbocycles. The Morgan fingerprint density at radius 1 is 0.800 bits per heavy atom. The number of hydrogen-bond donors (Lipinski definition) is 0. The molecule has 2 aromatic rings. The SMILES string of the molecule is [C-]#[N+]c1ccc(-c2ccc(F)cc2)cc1. The van der Waals surface area contributed by atoms with Crippen LogP contribution in [0.3, 0.4) is 0 Å². The van der Waals surface area contributed by atoms with Gasteiger partial charge in [-0.3, -0.25) is 0 Å². The molecule has 0 fully saturated rings. The average molecular weight is 197 g/mol. The maximum Gasteiger partial charge on any atom is 0.187 e. The lowest BCUT2D eigenvalue weighted by Crippen LogP contribution is -1.77. The van der Waals surface area contributed by atoms with Gasteiger partial charge in [-0.2, -0.15) is 0 Å². The van der Waals surface area contributed by atoms with Gasteiger partial charge in [0.05, 0.1) is 6.57 Å². The van der Waals surface area contributed by atoms with Crippen molar-refractivity contribution in [3.63, 3.8) is 0 Å². The van der Waals surface area contributed by atoms with E-state index in [1.165, 1.54) is 12.1 Å². The summed E-state index contributed by atoms with van der Waals surface area (Å²) in [5, 5.41) is 0. The summed E-state index contributed by atoms with van der Waals surface area (Å²) in [4.78, 5) is 3.31. The zero-order chi connectivity index (χ0) is 10.7. The zero-order valence-corrected chi connectivity index (χ0v) is 7.94. The van der Waals surface area contributed by atoms with Gasteiger partial charge in [-0.25, -0.2) is 9.24 Å². The van der Waals surface area contributed by atoms with Crippen LogP contribution in [-0.2, 0) is 0 Å². The molecular weight excluding hydrogens is 189 g/mol. The molecule has 0 aliphatic rings. The Labute approximate surface area is 87.6 Å². The number of benzene rings is 2. The first-order valence-electron chi connectivity index (χ1n) is 4.53. The van der Waals surface area contributed by atoms with Crippen molar-refractivity contribution in [2.45, 2.75) is 0 Å². The molecule has 15 heavy (non-hydrogen) atoms. The van der Waals surface area contributed by atoms with E-state index in [9.17, 15) is 4.39 Å². The smallest absolute Gasteiger partial charge is 0.187 e. The van der Waals surface area contributed by atoms with E-state index in [0.717, 1.165) is 11.1 Å². The topological polar surface area (TPSA) is 4.36 Å². The molecule has 0 heterocycles. The third-order valence-corrected chi connectivity index (χ3v) is 2.17. The van der Waals surface area contributed by atoms with Crippen molar-refractivity contribution in [2.24, 2.45) is 0 Å². The maximum absolute atomic E-state index is 12.7. The fourth-order valence-corrected chi connectivity index (χ4v) is 1.37. The molecule has 0 atom stereocenters. The van der Waals surface area contributed by atoms with E-state index in [-0.39, 0.29) is 5.82 Å². The first-order valence-corrected chi connectivity index (χ1v) is 4.53. The van der Waals surface area contributed by atoms with Crippen molar-refractivity contribution in [1.29, 1.82) is 0 Å². The highest BCUT2D eigenvalue weighted by atomic mass is 19.1. The van der Waals surface area contributed by atoms with E-state index < -0.39 is 0 Å². The standard InChI is InChI=1S/C13H8FN/c1-15-13-8-4-11(5-9-13)10-2-6-12(14)7-3-10/h2-9H. The normalized spacial score (nSPS) is 9.60. The molecule has 0 saturated heterocycles. The lowest BCUT2D eigenvalue weighted by molar-refractivity contribution is 0.628. The third-order valence-electron chi connectivity index (χ3n) is 2.17. The lowest BCUT2D eigenvalue weighted by atomic mass is 10.1. The van der Waals surface area contributed by atoms with Gasteiger partial charge in [0.1, 0.15) is 5.82 Å². The van der Waals surface area contributed by atoms with E-state index in [0.29, 0.717) is 5.69 Å². The molecule has 1 nitrogen and oxygen atoms in total. The van der Waals surface area contributed by atoms with Crippen LogP contribution in [-0.4, -0.2) is 0 Å². The molecule has 0 aliphatic carbocycles. The molecule has 0 amide bonds. The predicted octanol–water partition coefficient (Wildman–Crippen LogP) is 4.04. The van der Waals surface area contributed by atoms with Gasteiger partial charge in [-0.05, 0) is 23.3 Å². The number of nitrogens with zero attached hydrogens (tertiary/aromatic N) is 1. The molecule has 0 unspecified atom stereocenters. The van der Waals surface area contributed by atoms with Gasteiger partial charge in [0.15, 0.2) is 5.69 Å². The average Bonchev–Trinajstić information content (AvgIpc) is 2.30. The van der Waals surface area contributed by atoms with Crippen molar-refractivity contribution >= 4 is 5.69 Å².